The van der Waals surface area contributed by atoms with Gasteiger partial charge in [-0.3, -0.25) is 0 Å². The fourth-order valence-electron chi connectivity index (χ4n) is 2.22. The van der Waals surface area contributed by atoms with E-state index in [1.807, 2.05) is 42.1 Å². The van der Waals surface area contributed by atoms with Crippen molar-refractivity contribution >= 4 is 16.7 Å². The van der Waals surface area contributed by atoms with Crippen LogP contribution in [0.25, 0.3) is 16.7 Å². The van der Waals surface area contributed by atoms with Crippen molar-refractivity contribution in [2.75, 3.05) is 11.9 Å². The van der Waals surface area contributed by atoms with Crippen molar-refractivity contribution in [3.8, 4) is 5.82 Å². The van der Waals surface area contributed by atoms with E-state index < -0.39 is 0 Å². The van der Waals surface area contributed by atoms with Gasteiger partial charge in [-0.05, 0) is 19.4 Å². The topological polar surface area (TPSA) is 55.6 Å². The summed E-state index contributed by atoms with van der Waals surface area (Å²) < 4.78 is 1.86. The maximum Gasteiger partial charge on any atom is 0.162 e. The molecule has 0 saturated heterocycles. The summed E-state index contributed by atoms with van der Waals surface area (Å²) in [6.45, 7) is 5.05. The molecule has 2 aromatic heterocycles. The van der Waals surface area contributed by atoms with Crippen LogP contribution in [-0.4, -0.2) is 26.3 Å². The van der Waals surface area contributed by atoms with Crippen LogP contribution in [0.4, 0.5) is 5.82 Å². The van der Waals surface area contributed by atoms with Crippen molar-refractivity contribution in [2.24, 2.45) is 0 Å². The Hall–Kier alpha value is -2.43. The van der Waals surface area contributed by atoms with E-state index >= 15 is 0 Å². The molecule has 0 amide bonds. The van der Waals surface area contributed by atoms with Gasteiger partial charge >= 0.3 is 0 Å². The highest BCUT2D eigenvalue weighted by molar-refractivity contribution is 5.80. The van der Waals surface area contributed by atoms with Crippen LogP contribution in [-0.2, 0) is 0 Å². The van der Waals surface area contributed by atoms with Gasteiger partial charge in [0.05, 0.1) is 11.7 Å². The Bertz CT molecular complexity index is 732. The molecule has 3 aromatic rings. The van der Waals surface area contributed by atoms with Gasteiger partial charge in [0.25, 0.3) is 0 Å². The zero-order valence-corrected chi connectivity index (χ0v) is 11.7. The van der Waals surface area contributed by atoms with Crippen LogP contribution in [0.5, 0.6) is 0 Å². The summed E-state index contributed by atoms with van der Waals surface area (Å²) in [5, 5.41) is 8.87. The third-order valence-corrected chi connectivity index (χ3v) is 3.28. The highest BCUT2D eigenvalue weighted by Crippen LogP contribution is 2.21. The van der Waals surface area contributed by atoms with E-state index in [2.05, 4.69) is 27.3 Å². The molecule has 0 aliphatic carbocycles. The van der Waals surface area contributed by atoms with Gasteiger partial charge in [0, 0.05) is 17.5 Å². The van der Waals surface area contributed by atoms with Crippen molar-refractivity contribution in [1.82, 2.24) is 19.7 Å². The average molecular weight is 267 g/mol. The van der Waals surface area contributed by atoms with Gasteiger partial charge in [-0.25, -0.2) is 14.6 Å². The molecule has 3 rings (SSSR count). The molecule has 1 aromatic carbocycles. The number of para-hydroxylation sites is 1. The lowest BCUT2D eigenvalue weighted by Crippen LogP contribution is -2.09. The summed E-state index contributed by atoms with van der Waals surface area (Å²) in [5.74, 6) is 1.69. The minimum atomic E-state index is 0.819. The van der Waals surface area contributed by atoms with Gasteiger partial charge in [0.15, 0.2) is 5.82 Å². The number of fused-ring (bicyclic) bond motifs is 1. The molecule has 0 aliphatic heterocycles. The predicted octanol–water partition coefficient (Wildman–Crippen LogP) is 2.95. The molecule has 0 radical (unpaired) electrons. The van der Waals surface area contributed by atoms with Crippen LogP contribution in [0.1, 0.15) is 18.9 Å². The minimum absolute atomic E-state index is 0.819. The molecule has 0 aliphatic rings. The molecular weight excluding hydrogens is 250 g/mol. The van der Waals surface area contributed by atoms with E-state index in [4.69, 9.17) is 0 Å². The lowest BCUT2D eigenvalue weighted by atomic mass is 10.2. The summed E-state index contributed by atoms with van der Waals surface area (Å²) in [6.07, 6.45) is 4.50. The highest BCUT2D eigenvalue weighted by Gasteiger charge is 2.11. The number of hydrogen-bond acceptors (Lipinski definition) is 4. The van der Waals surface area contributed by atoms with Gasteiger partial charge in [0.1, 0.15) is 12.1 Å². The first-order valence-corrected chi connectivity index (χ1v) is 6.80. The first-order valence-electron chi connectivity index (χ1n) is 6.80. The van der Waals surface area contributed by atoms with E-state index in [9.17, 15) is 0 Å². The Kier molecular flexibility index (Phi) is 3.33. The quantitative estimate of drug-likeness (QED) is 0.789. The smallest absolute Gasteiger partial charge is 0.162 e. The molecule has 5 heteroatoms. The molecule has 0 atom stereocenters. The maximum absolute atomic E-state index is 4.45. The number of benzene rings is 1. The summed E-state index contributed by atoms with van der Waals surface area (Å²) in [4.78, 5) is 8.69. The van der Waals surface area contributed by atoms with Crippen molar-refractivity contribution in [2.45, 2.75) is 20.3 Å². The van der Waals surface area contributed by atoms with Gasteiger partial charge < -0.3 is 5.32 Å². The summed E-state index contributed by atoms with van der Waals surface area (Å²) in [6, 6.07) is 8.11. The van der Waals surface area contributed by atoms with Crippen molar-refractivity contribution in [1.29, 1.82) is 0 Å². The third kappa shape index (κ3) is 2.11. The Morgan fingerprint density at radius 2 is 2.05 bits per heavy atom. The van der Waals surface area contributed by atoms with Gasteiger partial charge in [-0.1, -0.05) is 25.1 Å². The van der Waals surface area contributed by atoms with Crippen molar-refractivity contribution in [3.05, 3.63) is 42.4 Å². The second-order valence-electron chi connectivity index (χ2n) is 4.71. The Balaban J connectivity index is 2.10. The normalized spacial score (nSPS) is 10.9. The molecule has 0 spiro atoms. The largest absolute Gasteiger partial charge is 0.370 e. The molecule has 5 nitrogen and oxygen atoms in total. The van der Waals surface area contributed by atoms with Crippen molar-refractivity contribution in [3.63, 3.8) is 0 Å². The number of anilines is 1. The second-order valence-corrected chi connectivity index (χ2v) is 4.71. The van der Waals surface area contributed by atoms with Crippen LogP contribution >= 0.6 is 0 Å². The Morgan fingerprint density at radius 1 is 1.20 bits per heavy atom. The van der Waals surface area contributed by atoms with E-state index in [1.165, 1.54) is 0 Å². The number of aromatic nitrogens is 4. The minimum Gasteiger partial charge on any atom is -0.370 e. The first-order chi connectivity index (χ1) is 9.81. The Labute approximate surface area is 117 Å². The maximum atomic E-state index is 4.45. The molecule has 1 N–H and O–H groups in total. The highest BCUT2D eigenvalue weighted by atomic mass is 15.3. The fourth-order valence-corrected chi connectivity index (χ4v) is 2.22. The van der Waals surface area contributed by atoms with Crippen molar-refractivity contribution < 1.29 is 0 Å². The lowest BCUT2D eigenvalue weighted by Gasteiger charge is -2.11. The Morgan fingerprint density at radius 3 is 2.90 bits per heavy atom. The molecule has 102 valence electrons. The van der Waals surface area contributed by atoms with E-state index in [1.54, 1.807) is 6.33 Å². The zero-order valence-electron chi connectivity index (χ0n) is 11.7. The molecular formula is C15H17N5. The molecule has 0 fully saturated rings. The number of nitrogens with one attached hydrogen (secondary N) is 1. The molecule has 2 heterocycles. The number of hydrogen-bond donors (Lipinski definition) is 1. The van der Waals surface area contributed by atoms with Crippen LogP contribution in [0.3, 0.4) is 0 Å². The second kappa shape index (κ2) is 5.28. The van der Waals surface area contributed by atoms with Crippen LogP contribution in [0.2, 0.25) is 0 Å². The number of nitrogens with zero attached hydrogens (tertiary/aromatic N) is 4. The first kappa shape index (κ1) is 12.6. The molecule has 0 saturated carbocycles. The summed E-state index contributed by atoms with van der Waals surface area (Å²) in [7, 11) is 0. The molecule has 0 unspecified atom stereocenters. The monoisotopic (exact) mass is 267 g/mol. The standard InChI is InChI=1S/C15H17N5/c1-3-8-16-14-11(2)15(18-10-17-14)20-13-7-5-4-6-12(13)9-19-20/h4-7,9-10H,3,8H2,1-2H3,(H,16,17,18). The molecule has 0 bridgehead atoms. The molecule has 20 heavy (non-hydrogen) atoms. The van der Waals surface area contributed by atoms with E-state index in [0.29, 0.717) is 0 Å². The van der Waals surface area contributed by atoms with Gasteiger partial charge in [-0.15, -0.1) is 0 Å². The fraction of sp³-hybridized carbons (Fsp3) is 0.267. The van der Waals surface area contributed by atoms with Crippen LogP contribution in [0, 0.1) is 6.92 Å². The van der Waals surface area contributed by atoms with Crippen LogP contribution in [0.15, 0.2) is 36.8 Å². The average Bonchev–Trinajstić information content (AvgIpc) is 2.90. The van der Waals surface area contributed by atoms with E-state index in [0.717, 1.165) is 41.1 Å². The van der Waals surface area contributed by atoms with E-state index in [-0.39, 0.29) is 0 Å². The summed E-state index contributed by atoms with van der Waals surface area (Å²) >= 11 is 0. The third-order valence-electron chi connectivity index (χ3n) is 3.28. The van der Waals surface area contributed by atoms with Gasteiger partial charge in [0.2, 0.25) is 0 Å². The predicted molar refractivity (Wildman–Crippen MR) is 80.2 cm³/mol. The number of rotatable bonds is 4. The van der Waals surface area contributed by atoms with Crippen LogP contribution < -0.4 is 5.32 Å². The summed E-state index contributed by atoms with van der Waals surface area (Å²) in [5.41, 5.74) is 2.06. The SMILES string of the molecule is CCCNc1ncnc(-n2ncc3ccccc32)c1C. The lowest BCUT2D eigenvalue weighted by molar-refractivity contribution is 0.851. The van der Waals surface area contributed by atoms with Gasteiger partial charge in [-0.2, -0.15) is 5.10 Å². The zero-order chi connectivity index (χ0) is 13.9.